The summed E-state index contributed by atoms with van der Waals surface area (Å²) in [7, 11) is 0. The van der Waals surface area contributed by atoms with Gasteiger partial charge in [0.1, 0.15) is 6.04 Å². The fourth-order valence-electron chi connectivity index (χ4n) is 3.91. The summed E-state index contributed by atoms with van der Waals surface area (Å²) in [4.78, 5) is 27.9. The first kappa shape index (κ1) is 23.9. The molecule has 1 atom stereocenters. The van der Waals surface area contributed by atoms with Crippen LogP contribution in [0.15, 0.2) is 42.5 Å². The lowest BCUT2D eigenvalue weighted by atomic mass is 9.95. The van der Waals surface area contributed by atoms with Crippen LogP contribution in [-0.4, -0.2) is 28.8 Å². The van der Waals surface area contributed by atoms with Crippen molar-refractivity contribution in [3.05, 3.63) is 68.7 Å². The van der Waals surface area contributed by atoms with E-state index in [4.69, 9.17) is 34.8 Å². The van der Waals surface area contributed by atoms with Gasteiger partial charge < -0.3 is 10.2 Å². The molecular formula is C24H27Cl3N2O2. The Hall–Kier alpha value is -1.75. The van der Waals surface area contributed by atoms with E-state index in [2.05, 4.69) is 5.32 Å². The lowest BCUT2D eigenvalue weighted by Gasteiger charge is -2.31. The van der Waals surface area contributed by atoms with Crippen LogP contribution in [-0.2, 0) is 22.6 Å². The van der Waals surface area contributed by atoms with Crippen LogP contribution in [0, 0.1) is 0 Å². The second-order valence-electron chi connectivity index (χ2n) is 8.01. The van der Waals surface area contributed by atoms with Gasteiger partial charge in [-0.25, -0.2) is 0 Å². The molecule has 0 bridgehead atoms. The Morgan fingerprint density at radius 3 is 2.23 bits per heavy atom. The fourth-order valence-corrected chi connectivity index (χ4v) is 4.63. The van der Waals surface area contributed by atoms with Gasteiger partial charge in [-0.1, -0.05) is 78.3 Å². The maximum absolute atomic E-state index is 13.3. The first-order valence-electron chi connectivity index (χ1n) is 10.6. The van der Waals surface area contributed by atoms with Crippen molar-refractivity contribution in [1.82, 2.24) is 10.2 Å². The molecule has 0 spiro atoms. The van der Waals surface area contributed by atoms with E-state index in [1.807, 2.05) is 18.2 Å². The quantitative estimate of drug-likeness (QED) is 0.523. The molecule has 1 unspecified atom stereocenters. The van der Waals surface area contributed by atoms with Gasteiger partial charge in [-0.2, -0.15) is 0 Å². The van der Waals surface area contributed by atoms with Crippen molar-refractivity contribution in [1.29, 1.82) is 0 Å². The number of carbonyl (C=O) groups excluding carboxylic acids is 2. The maximum atomic E-state index is 13.3. The fraction of sp³-hybridized carbons (Fsp3) is 0.417. The number of nitrogens with zero attached hydrogens (tertiary/aromatic N) is 1. The zero-order valence-electron chi connectivity index (χ0n) is 17.5. The molecule has 0 saturated heterocycles. The van der Waals surface area contributed by atoms with Crippen molar-refractivity contribution in [2.45, 2.75) is 64.1 Å². The summed E-state index contributed by atoms with van der Waals surface area (Å²) >= 11 is 19.0. The van der Waals surface area contributed by atoms with E-state index in [0.29, 0.717) is 26.2 Å². The van der Waals surface area contributed by atoms with Gasteiger partial charge in [0.05, 0.1) is 6.42 Å². The minimum absolute atomic E-state index is 0.0861. The predicted molar refractivity (Wildman–Crippen MR) is 127 cm³/mol. The van der Waals surface area contributed by atoms with Crippen LogP contribution in [0.1, 0.15) is 50.2 Å². The Balaban J connectivity index is 1.82. The molecule has 166 valence electrons. The van der Waals surface area contributed by atoms with Crippen LogP contribution in [0.3, 0.4) is 0 Å². The van der Waals surface area contributed by atoms with Crippen molar-refractivity contribution >= 4 is 46.6 Å². The molecule has 4 nitrogen and oxygen atoms in total. The van der Waals surface area contributed by atoms with Crippen molar-refractivity contribution in [3.8, 4) is 0 Å². The zero-order valence-corrected chi connectivity index (χ0v) is 19.8. The number of rotatable bonds is 7. The molecule has 0 radical (unpaired) electrons. The molecule has 0 heterocycles. The van der Waals surface area contributed by atoms with Gasteiger partial charge in [0, 0.05) is 33.2 Å². The van der Waals surface area contributed by atoms with E-state index < -0.39 is 6.04 Å². The summed E-state index contributed by atoms with van der Waals surface area (Å²) in [6.45, 7) is 1.88. The minimum Gasteiger partial charge on any atom is -0.352 e. The van der Waals surface area contributed by atoms with E-state index >= 15 is 0 Å². The lowest BCUT2D eigenvalue weighted by Crippen LogP contribution is -2.50. The van der Waals surface area contributed by atoms with Crippen LogP contribution in [0.2, 0.25) is 15.1 Å². The van der Waals surface area contributed by atoms with Gasteiger partial charge in [0.2, 0.25) is 11.8 Å². The Labute approximate surface area is 198 Å². The number of carbonyl (C=O) groups is 2. The highest BCUT2D eigenvalue weighted by molar-refractivity contribution is 6.36. The molecule has 3 rings (SSSR count). The van der Waals surface area contributed by atoms with Crippen LogP contribution in [0.4, 0.5) is 0 Å². The average Bonchev–Trinajstić information content (AvgIpc) is 2.75. The van der Waals surface area contributed by atoms with Crippen molar-refractivity contribution in [2.75, 3.05) is 0 Å². The second kappa shape index (κ2) is 11.2. The molecule has 2 aromatic carbocycles. The van der Waals surface area contributed by atoms with E-state index in [1.165, 1.54) is 11.3 Å². The van der Waals surface area contributed by atoms with Gasteiger partial charge in [-0.3, -0.25) is 9.59 Å². The highest BCUT2D eigenvalue weighted by atomic mass is 35.5. The number of hydrogen-bond donors (Lipinski definition) is 1. The summed E-state index contributed by atoms with van der Waals surface area (Å²) in [5.41, 5.74) is 1.33. The monoisotopic (exact) mass is 480 g/mol. The molecule has 2 amide bonds. The molecule has 2 aromatic rings. The molecule has 31 heavy (non-hydrogen) atoms. The normalized spacial score (nSPS) is 15.4. The molecule has 1 aliphatic carbocycles. The van der Waals surface area contributed by atoms with Crippen LogP contribution < -0.4 is 5.32 Å². The van der Waals surface area contributed by atoms with E-state index in [-0.39, 0.29) is 30.8 Å². The maximum Gasteiger partial charge on any atom is 0.242 e. The summed E-state index contributed by atoms with van der Waals surface area (Å²) in [5, 5.41) is 4.56. The average molecular weight is 482 g/mol. The van der Waals surface area contributed by atoms with E-state index in [1.54, 1.807) is 31.2 Å². The minimum atomic E-state index is -0.677. The summed E-state index contributed by atoms with van der Waals surface area (Å²) in [5.74, 6) is -0.377. The summed E-state index contributed by atoms with van der Waals surface area (Å²) < 4.78 is 0. The number of halogens is 3. The molecule has 1 aliphatic rings. The Morgan fingerprint density at radius 2 is 1.58 bits per heavy atom. The lowest BCUT2D eigenvalue weighted by molar-refractivity contribution is -0.140. The Bertz CT molecular complexity index is 909. The topological polar surface area (TPSA) is 49.4 Å². The molecule has 1 N–H and O–H groups in total. The SMILES string of the molecule is CC(C(=O)NC1CCCCC1)N(Cc1c(Cl)cccc1Cl)C(=O)Cc1ccccc1Cl. The highest BCUT2D eigenvalue weighted by Gasteiger charge is 2.29. The van der Waals surface area contributed by atoms with Gasteiger partial charge in [0.25, 0.3) is 0 Å². The molecule has 0 aromatic heterocycles. The van der Waals surface area contributed by atoms with Gasteiger partial charge in [0.15, 0.2) is 0 Å². The number of amides is 2. The smallest absolute Gasteiger partial charge is 0.242 e. The first-order chi connectivity index (χ1) is 14.9. The Morgan fingerprint density at radius 1 is 0.968 bits per heavy atom. The first-order valence-corrected chi connectivity index (χ1v) is 11.8. The molecule has 7 heteroatoms. The van der Waals surface area contributed by atoms with Crippen LogP contribution >= 0.6 is 34.8 Å². The summed E-state index contributed by atoms with van der Waals surface area (Å²) in [6.07, 6.45) is 5.47. The second-order valence-corrected chi connectivity index (χ2v) is 9.23. The highest BCUT2D eigenvalue weighted by Crippen LogP contribution is 2.27. The van der Waals surface area contributed by atoms with E-state index in [9.17, 15) is 9.59 Å². The van der Waals surface area contributed by atoms with E-state index in [0.717, 1.165) is 25.7 Å². The predicted octanol–water partition coefficient (Wildman–Crippen LogP) is 6.06. The van der Waals surface area contributed by atoms with Gasteiger partial charge in [-0.15, -0.1) is 0 Å². The standard InChI is InChI=1S/C24H27Cl3N2O2/c1-16(24(31)28-18-9-3-2-4-10-18)29(15-19-21(26)12-7-13-22(19)27)23(30)14-17-8-5-6-11-20(17)25/h5-8,11-13,16,18H,2-4,9-10,14-15H2,1H3,(H,28,31). The van der Waals surface area contributed by atoms with Crippen LogP contribution in [0.25, 0.3) is 0 Å². The van der Waals surface area contributed by atoms with Crippen molar-refractivity contribution < 1.29 is 9.59 Å². The third-order valence-corrected chi connectivity index (χ3v) is 6.89. The third-order valence-electron chi connectivity index (χ3n) is 5.81. The molecule has 1 fully saturated rings. The zero-order chi connectivity index (χ0) is 22.4. The molecule has 0 aliphatic heterocycles. The molecule has 1 saturated carbocycles. The largest absolute Gasteiger partial charge is 0.352 e. The van der Waals surface area contributed by atoms with Gasteiger partial charge >= 0.3 is 0 Å². The van der Waals surface area contributed by atoms with Crippen LogP contribution in [0.5, 0.6) is 0 Å². The number of nitrogens with one attached hydrogen (secondary N) is 1. The number of hydrogen-bond acceptors (Lipinski definition) is 2. The van der Waals surface area contributed by atoms with Gasteiger partial charge in [-0.05, 0) is 43.5 Å². The molecular weight excluding hydrogens is 455 g/mol. The third kappa shape index (κ3) is 6.38. The Kier molecular flexibility index (Phi) is 8.65. The van der Waals surface area contributed by atoms with Crippen molar-refractivity contribution in [3.63, 3.8) is 0 Å². The summed E-state index contributed by atoms with van der Waals surface area (Å²) in [6, 6.07) is 11.9. The van der Waals surface area contributed by atoms with Crippen molar-refractivity contribution in [2.24, 2.45) is 0 Å². The number of benzene rings is 2.